The monoisotopic (exact) mass is 674 g/mol. The van der Waals surface area contributed by atoms with Crippen molar-refractivity contribution >= 4 is 98.9 Å². The maximum absolute atomic E-state index is 6.62. The molecule has 0 amide bonds. The molecule has 10 rings (SSSR count). The van der Waals surface area contributed by atoms with Gasteiger partial charge in [-0.3, -0.25) is 0 Å². The lowest BCUT2D eigenvalue weighted by Gasteiger charge is -2.13. The first-order valence-electron chi connectivity index (χ1n) is 14.8. The first kappa shape index (κ1) is 24.4. The van der Waals surface area contributed by atoms with Crippen LogP contribution in [0.3, 0.4) is 0 Å². The molecule has 0 aliphatic carbocycles. The van der Waals surface area contributed by atoms with Crippen molar-refractivity contribution < 1.29 is 4.42 Å². The van der Waals surface area contributed by atoms with Crippen molar-refractivity contribution in [2.75, 3.05) is 0 Å². The van der Waals surface area contributed by atoms with Crippen molar-refractivity contribution in [3.8, 4) is 11.4 Å². The molecule has 0 spiro atoms. The number of furan rings is 1. The second kappa shape index (κ2) is 8.97. The molecule has 44 heavy (non-hydrogen) atoms. The van der Waals surface area contributed by atoms with Gasteiger partial charge >= 0.3 is 0 Å². The van der Waals surface area contributed by atoms with E-state index in [1.807, 2.05) is 6.07 Å². The summed E-state index contributed by atoms with van der Waals surface area (Å²) in [7, 11) is 0. The summed E-state index contributed by atoms with van der Waals surface area (Å²) in [6, 6.07) is 50.3. The summed E-state index contributed by atoms with van der Waals surface area (Å²) in [5, 5.41) is 9.74. The molecule has 206 valence electrons. The summed E-state index contributed by atoms with van der Waals surface area (Å²) < 4.78 is 12.7. The zero-order valence-corrected chi connectivity index (χ0v) is 25.6. The molecule has 0 bridgehead atoms. The topological polar surface area (TPSA) is 23.0 Å². The molecule has 0 N–H and O–H groups in total. The average Bonchev–Trinajstić information content (AvgIpc) is 3.74. The first-order chi connectivity index (χ1) is 21.8. The Morgan fingerprint density at radius 3 is 1.64 bits per heavy atom. The Bertz CT molecular complexity index is 2780. The van der Waals surface area contributed by atoms with Crippen LogP contribution in [0.2, 0.25) is 0 Å². The summed E-state index contributed by atoms with van der Waals surface area (Å²) in [5.41, 5.74) is 8.84. The minimum atomic E-state index is 0.904. The third kappa shape index (κ3) is 3.15. The van der Waals surface area contributed by atoms with Gasteiger partial charge in [0.25, 0.3) is 0 Å². The Morgan fingerprint density at radius 1 is 0.432 bits per heavy atom. The second-order valence-electron chi connectivity index (χ2n) is 11.4. The Morgan fingerprint density at radius 2 is 0.955 bits per heavy atom. The predicted molar refractivity (Wildman–Crippen MR) is 193 cm³/mol. The van der Waals surface area contributed by atoms with Gasteiger partial charge in [0.15, 0.2) is 5.58 Å². The van der Waals surface area contributed by atoms with E-state index in [0.717, 1.165) is 33.3 Å². The van der Waals surface area contributed by atoms with Gasteiger partial charge < -0.3 is 13.6 Å². The smallest absolute Gasteiger partial charge is 0.159 e. The average molecular weight is 675 g/mol. The van der Waals surface area contributed by atoms with Gasteiger partial charge in [0, 0.05) is 52.3 Å². The molecule has 0 fully saturated rings. The van der Waals surface area contributed by atoms with Gasteiger partial charge in [-0.1, -0.05) is 91.0 Å². The van der Waals surface area contributed by atoms with Crippen LogP contribution in [-0.4, -0.2) is 9.13 Å². The van der Waals surface area contributed by atoms with Crippen LogP contribution in [0.15, 0.2) is 144 Å². The van der Waals surface area contributed by atoms with Gasteiger partial charge in [-0.25, -0.2) is 0 Å². The molecular weight excluding hydrogens is 651 g/mol. The molecule has 3 heterocycles. The zero-order chi connectivity index (χ0) is 28.9. The summed E-state index contributed by atoms with van der Waals surface area (Å²) in [6.07, 6.45) is 0. The Balaban J connectivity index is 1.49. The second-order valence-corrected chi connectivity index (χ2v) is 12.7. The van der Waals surface area contributed by atoms with E-state index in [0.29, 0.717) is 0 Å². The number of hydrogen-bond donors (Lipinski definition) is 0. The largest absolute Gasteiger partial charge is 0.454 e. The number of aromatic nitrogens is 2. The number of rotatable bonds is 2. The molecular formula is C40H23IN2O. The molecule has 0 unspecified atom stereocenters. The Labute approximate surface area is 265 Å². The fourth-order valence-corrected chi connectivity index (χ4v) is 7.77. The van der Waals surface area contributed by atoms with Crippen LogP contribution in [0, 0.1) is 3.57 Å². The van der Waals surface area contributed by atoms with E-state index in [-0.39, 0.29) is 0 Å². The van der Waals surface area contributed by atoms with Crippen molar-refractivity contribution in [1.29, 1.82) is 0 Å². The van der Waals surface area contributed by atoms with Crippen molar-refractivity contribution in [1.82, 2.24) is 9.13 Å². The highest BCUT2D eigenvalue weighted by molar-refractivity contribution is 14.1. The minimum absolute atomic E-state index is 0.904. The normalized spacial score (nSPS) is 12.2. The molecule has 3 nitrogen and oxygen atoms in total. The van der Waals surface area contributed by atoms with E-state index in [1.165, 1.54) is 58.0 Å². The highest BCUT2D eigenvalue weighted by Crippen LogP contribution is 2.47. The quantitative estimate of drug-likeness (QED) is 0.167. The van der Waals surface area contributed by atoms with Gasteiger partial charge in [0.2, 0.25) is 0 Å². The summed E-state index contributed by atoms with van der Waals surface area (Å²) in [4.78, 5) is 0. The summed E-state index contributed by atoms with van der Waals surface area (Å²) >= 11 is 2.38. The lowest BCUT2D eigenvalue weighted by atomic mass is 9.99. The third-order valence-corrected chi connectivity index (χ3v) is 9.87. The fourth-order valence-electron chi connectivity index (χ4n) is 7.41. The van der Waals surface area contributed by atoms with Crippen LogP contribution in [-0.2, 0) is 0 Å². The standard InChI is InChI=1S/C40H23IN2O/c41-24-20-22-25(23-21-24)42-32-16-6-3-13-30(32)36-37-31-14-4-7-17-33(31)43(39(37)28-12-2-1-11-27(28)38(36)42)34-18-9-15-29-26-10-5-8-19-35(26)44-40(29)34/h1-23H. The van der Waals surface area contributed by atoms with E-state index >= 15 is 0 Å². The third-order valence-electron chi connectivity index (χ3n) is 9.15. The molecule has 10 aromatic rings. The zero-order valence-electron chi connectivity index (χ0n) is 23.5. The molecule has 0 atom stereocenters. The molecule has 3 aromatic heterocycles. The highest BCUT2D eigenvalue weighted by atomic mass is 127. The lowest BCUT2D eigenvalue weighted by Crippen LogP contribution is -1.97. The van der Waals surface area contributed by atoms with Crippen LogP contribution >= 0.6 is 22.6 Å². The molecule has 0 aliphatic rings. The van der Waals surface area contributed by atoms with Crippen LogP contribution in [0.25, 0.3) is 87.7 Å². The number of para-hydroxylation sites is 4. The molecule has 0 aliphatic heterocycles. The molecule has 0 saturated carbocycles. The van der Waals surface area contributed by atoms with E-state index in [1.54, 1.807) is 0 Å². The molecule has 4 heteroatoms. The Hall–Kier alpha value is -5.07. The number of benzene rings is 7. The SMILES string of the molecule is Ic1ccc(-n2c3ccccc3c3c4c5ccccc5n(-c5cccc6c5oc5ccccc56)c4c4ccccc4c32)cc1. The number of fused-ring (bicyclic) bond motifs is 13. The van der Waals surface area contributed by atoms with Crippen molar-refractivity contribution in [2.45, 2.75) is 0 Å². The summed E-state index contributed by atoms with van der Waals surface area (Å²) in [6.45, 7) is 0. The maximum atomic E-state index is 6.62. The van der Waals surface area contributed by atoms with E-state index in [4.69, 9.17) is 4.42 Å². The number of nitrogens with zero attached hydrogens (tertiary/aromatic N) is 2. The van der Waals surface area contributed by atoms with Gasteiger partial charge in [-0.15, -0.1) is 0 Å². The minimum Gasteiger partial charge on any atom is -0.454 e. The summed E-state index contributed by atoms with van der Waals surface area (Å²) in [5.74, 6) is 0. The van der Waals surface area contributed by atoms with E-state index in [9.17, 15) is 0 Å². The van der Waals surface area contributed by atoms with E-state index in [2.05, 4.69) is 165 Å². The van der Waals surface area contributed by atoms with Gasteiger partial charge in [0.1, 0.15) is 5.58 Å². The molecule has 7 aromatic carbocycles. The predicted octanol–water partition coefficient (Wildman–Crippen LogP) is 11.5. The highest BCUT2D eigenvalue weighted by Gasteiger charge is 2.25. The number of hydrogen-bond acceptors (Lipinski definition) is 1. The van der Waals surface area contributed by atoms with Crippen molar-refractivity contribution in [3.63, 3.8) is 0 Å². The van der Waals surface area contributed by atoms with Crippen LogP contribution in [0.1, 0.15) is 0 Å². The van der Waals surface area contributed by atoms with Crippen LogP contribution < -0.4 is 0 Å². The van der Waals surface area contributed by atoms with Crippen LogP contribution in [0.4, 0.5) is 0 Å². The Kier molecular flexibility index (Phi) is 4.97. The van der Waals surface area contributed by atoms with Gasteiger partial charge in [-0.2, -0.15) is 0 Å². The first-order valence-corrected chi connectivity index (χ1v) is 15.9. The number of halogens is 1. The lowest BCUT2D eigenvalue weighted by molar-refractivity contribution is 0.666. The van der Waals surface area contributed by atoms with Gasteiger partial charge in [0.05, 0.1) is 27.8 Å². The van der Waals surface area contributed by atoms with Gasteiger partial charge in [-0.05, 0) is 71.1 Å². The molecule has 0 saturated heterocycles. The van der Waals surface area contributed by atoms with Crippen molar-refractivity contribution in [3.05, 3.63) is 143 Å². The van der Waals surface area contributed by atoms with Crippen molar-refractivity contribution in [2.24, 2.45) is 0 Å². The van der Waals surface area contributed by atoms with E-state index < -0.39 is 0 Å². The molecule has 0 radical (unpaired) electrons. The van der Waals surface area contributed by atoms with Crippen LogP contribution in [0.5, 0.6) is 0 Å². The fraction of sp³-hybridized carbons (Fsp3) is 0. The maximum Gasteiger partial charge on any atom is 0.159 e.